The summed E-state index contributed by atoms with van der Waals surface area (Å²) in [5.41, 5.74) is 0. The first-order valence-electron chi connectivity index (χ1n) is 5.51. The summed E-state index contributed by atoms with van der Waals surface area (Å²) in [6.07, 6.45) is 6.33. The first-order chi connectivity index (χ1) is 7.60. The Morgan fingerprint density at radius 2 is 2.12 bits per heavy atom. The number of terminal acetylenes is 1. The number of piperazine rings is 1. The summed E-state index contributed by atoms with van der Waals surface area (Å²) >= 11 is 0. The normalized spacial score (nSPS) is 20.2. The fourth-order valence-corrected chi connectivity index (χ4v) is 3.07. The molecule has 5 nitrogen and oxygen atoms in total. The van der Waals surface area contributed by atoms with Crippen LogP contribution in [-0.4, -0.2) is 44.9 Å². The molecule has 1 aliphatic heterocycles. The van der Waals surface area contributed by atoms with E-state index >= 15 is 0 Å². The van der Waals surface area contributed by atoms with Crippen molar-refractivity contribution >= 4 is 10.2 Å². The Morgan fingerprint density at radius 1 is 1.50 bits per heavy atom. The number of hydrogen-bond donors (Lipinski definition) is 2. The molecule has 0 aromatic heterocycles. The van der Waals surface area contributed by atoms with Gasteiger partial charge in [-0.05, 0) is 6.42 Å². The molecule has 0 aromatic carbocycles. The number of nitrogens with zero attached hydrogens (tertiary/aromatic N) is 1. The van der Waals surface area contributed by atoms with Gasteiger partial charge >= 0.3 is 0 Å². The Hall–Kier alpha value is -0.610. The average molecular weight is 245 g/mol. The Labute approximate surface area is 97.8 Å². The van der Waals surface area contributed by atoms with Crippen LogP contribution in [0.1, 0.15) is 19.8 Å². The van der Waals surface area contributed by atoms with Crippen LogP contribution in [0.15, 0.2) is 0 Å². The first kappa shape index (κ1) is 13.5. The lowest BCUT2D eigenvalue weighted by molar-refractivity contribution is 0.350. The van der Waals surface area contributed by atoms with Crippen molar-refractivity contribution in [2.75, 3.05) is 26.2 Å². The van der Waals surface area contributed by atoms with Gasteiger partial charge in [-0.1, -0.05) is 6.92 Å². The molecular formula is C10H19N3O2S. The number of rotatable bonds is 5. The molecule has 1 rings (SSSR count). The molecule has 16 heavy (non-hydrogen) atoms. The molecule has 1 heterocycles. The highest BCUT2D eigenvalue weighted by atomic mass is 32.2. The van der Waals surface area contributed by atoms with E-state index in [2.05, 4.69) is 16.0 Å². The third-order valence-electron chi connectivity index (χ3n) is 2.59. The second kappa shape index (κ2) is 6.21. The van der Waals surface area contributed by atoms with E-state index < -0.39 is 10.2 Å². The van der Waals surface area contributed by atoms with Gasteiger partial charge in [-0.25, -0.2) is 0 Å². The largest absolute Gasteiger partial charge is 0.314 e. The van der Waals surface area contributed by atoms with Crippen molar-refractivity contribution in [3.63, 3.8) is 0 Å². The lowest BCUT2D eigenvalue weighted by Gasteiger charge is -2.28. The van der Waals surface area contributed by atoms with Gasteiger partial charge < -0.3 is 5.32 Å². The maximum atomic E-state index is 11.9. The van der Waals surface area contributed by atoms with Crippen molar-refractivity contribution in [1.82, 2.24) is 14.3 Å². The SMILES string of the molecule is C#CCC(CC)NS(=O)(=O)N1CCNCC1. The van der Waals surface area contributed by atoms with E-state index in [1.807, 2.05) is 6.92 Å². The van der Waals surface area contributed by atoms with Crippen LogP contribution < -0.4 is 10.0 Å². The van der Waals surface area contributed by atoms with Crippen LogP contribution in [0.4, 0.5) is 0 Å². The highest BCUT2D eigenvalue weighted by Crippen LogP contribution is 2.04. The zero-order valence-corrected chi connectivity index (χ0v) is 10.4. The molecule has 6 heteroatoms. The first-order valence-corrected chi connectivity index (χ1v) is 6.95. The van der Waals surface area contributed by atoms with Gasteiger partial charge in [0.25, 0.3) is 10.2 Å². The summed E-state index contributed by atoms with van der Waals surface area (Å²) in [5.74, 6) is 2.49. The van der Waals surface area contributed by atoms with E-state index in [1.54, 1.807) is 0 Å². The van der Waals surface area contributed by atoms with E-state index in [0.29, 0.717) is 39.0 Å². The molecule has 0 aliphatic carbocycles. The monoisotopic (exact) mass is 245 g/mol. The summed E-state index contributed by atoms with van der Waals surface area (Å²) in [6.45, 7) is 4.35. The molecule has 92 valence electrons. The smallest absolute Gasteiger partial charge is 0.279 e. The molecule has 0 radical (unpaired) electrons. The third kappa shape index (κ3) is 3.76. The second-order valence-corrected chi connectivity index (χ2v) is 5.49. The molecule has 2 N–H and O–H groups in total. The van der Waals surface area contributed by atoms with Gasteiger partial charge in [0.05, 0.1) is 0 Å². The summed E-state index contributed by atoms with van der Waals surface area (Å²) in [4.78, 5) is 0. The Balaban J connectivity index is 2.59. The third-order valence-corrected chi connectivity index (χ3v) is 4.26. The number of hydrogen-bond acceptors (Lipinski definition) is 3. The van der Waals surface area contributed by atoms with Gasteiger partial charge in [-0.2, -0.15) is 17.4 Å². The molecule has 0 spiro atoms. The standard InChI is InChI=1S/C10H19N3O2S/c1-3-5-10(4-2)12-16(14,15)13-8-6-11-7-9-13/h1,10-12H,4-9H2,2H3. The Morgan fingerprint density at radius 3 is 2.62 bits per heavy atom. The van der Waals surface area contributed by atoms with Gasteiger partial charge in [0.1, 0.15) is 0 Å². The minimum atomic E-state index is -3.37. The highest BCUT2D eigenvalue weighted by Gasteiger charge is 2.25. The van der Waals surface area contributed by atoms with Crippen molar-refractivity contribution in [3.8, 4) is 12.3 Å². The van der Waals surface area contributed by atoms with Gasteiger partial charge in [0, 0.05) is 38.6 Å². The molecule has 1 atom stereocenters. The van der Waals surface area contributed by atoms with Gasteiger partial charge in [-0.3, -0.25) is 0 Å². The van der Waals surface area contributed by atoms with E-state index in [4.69, 9.17) is 6.42 Å². The van der Waals surface area contributed by atoms with Crippen LogP contribution >= 0.6 is 0 Å². The molecule has 1 unspecified atom stereocenters. The summed E-state index contributed by atoms with van der Waals surface area (Å²) in [5, 5.41) is 3.11. The molecule has 0 bridgehead atoms. The molecular weight excluding hydrogens is 226 g/mol. The highest BCUT2D eigenvalue weighted by molar-refractivity contribution is 7.87. The summed E-state index contributed by atoms with van der Waals surface area (Å²) in [7, 11) is -3.37. The minimum Gasteiger partial charge on any atom is -0.314 e. The molecule has 1 fully saturated rings. The van der Waals surface area contributed by atoms with E-state index in [0.717, 1.165) is 0 Å². The van der Waals surface area contributed by atoms with Crippen LogP contribution in [0.2, 0.25) is 0 Å². The van der Waals surface area contributed by atoms with Crippen LogP contribution in [-0.2, 0) is 10.2 Å². The number of nitrogens with one attached hydrogen (secondary N) is 2. The molecule has 0 aromatic rings. The predicted molar refractivity (Wildman–Crippen MR) is 64.0 cm³/mol. The lowest BCUT2D eigenvalue weighted by atomic mass is 10.2. The van der Waals surface area contributed by atoms with E-state index in [-0.39, 0.29) is 6.04 Å². The molecule has 0 amide bonds. The van der Waals surface area contributed by atoms with Crippen LogP contribution in [0.25, 0.3) is 0 Å². The van der Waals surface area contributed by atoms with Crippen molar-refractivity contribution in [2.45, 2.75) is 25.8 Å². The quantitative estimate of drug-likeness (QED) is 0.644. The van der Waals surface area contributed by atoms with Crippen molar-refractivity contribution < 1.29 is 8.42 Å². The minimum absolute atomic E-state index is 0.162. The van der Waals surface area contributed by atoms with Crippen molar-refractivity contribution in [2.24, 2.45) is 0 Å². The van der Waals surface area contributed by atoms with Crippen LogP contribution in [0, 0.1) is 12.3 Å². The van der Waals surface area contributed by atoms with Gasteiger partial charge in [0.15, 0.2) is 0 Å². The maximum Gasteiger partial charge on any atom is 0.279 e. The summed E-state index contributed by atoms with van der Waals surface area (Å²) in [6, 6.07) is -0.162. The van der Waals surface area contributed by atoms with Gasteiger partial charge in [-0.15, -0.1) is 12.3 Å². The Bertz CT molecular complexity index is 342. The van der Waals surface area contributed by atoms with Crippen molar-refractivity contribution in [1.29, 1.82) is 0 Å². The fourth-order valence-electron chi connectivity index (χ4n) is 1.58. The predicted octanol–water partition coefficient (Wildman–Crippen LogP) is -0.472. The zero-order valence-electron chi connectivity index (χ0n) is 9.57. The van der Waals surface area contributed by atoms with E-state index in [9.17, 15) is 8.42 Å². The zero-order chi connectivity index (χ0) is 12.0. The van der Waals surface area contributed by atoms with Crippen molar-refractivity contribution in [3.05, 3.63) is 0 Å². The second-order valence-electron chi connectivity index (χ2n) is 3.79. The van der Waals surface area contributed by atoms with Gasteiger partial charge in [0.2, 0.25) is 0 Å². The average Bonchev–Trinajstić information content (AvgIpc) is 2.29. The lowest BCUT2D eigenvalue weighted by Crippen LogP contribution is -2.52. The summed E-state index contributed by atoms with van der Waals surface area (Å²) < 4.78 is 28.0. The topological polar surface area (TPSA) is 61.4 Å². The fraction of sp³-hybridized carbons (Fsp3) is 0.800. The molecule has 1 saturated heterocycles. The van der Waals surface area contributed by atoms with Crippen LogP contribution in [0.3, 0.4) is 0 Å². The molecule has 1 aliphatic rings. The maximum absolute atomic E-state index is 11.9. The Kier molecular flexibility index (Phi) is 5.22. The van der Waals surface area contributed by atoms with E-state index in [1.165, 1.54) is 4.31 Å². The molecule has 0 saturated carbocycles. The van der Waals surface area contributed by atoms with Crippen LogP contribution in [0.5, 0.6) is 0 Å².